The van der Waals surface area contributed by atoms with Crippen LogP contribution in [0.2, 0.25) is 0 Å². The number of benzene rings is 2. The van der Waals surface area contributed by atoms with Crippen molar-refractivity contribution < 1.29 is 14.3 Å². The number of ether oxygens (including phenoxy) is 1. The number of likely N-dealkylation sites (tertiary alicyclic amines) is 1. The smallest absolute Gasteiger partial charge is 0.411 e. The van der Waals surface area contributed by atoms with E-state index in [-0.39, 0.29) is 30.0 Å². The van der Waals surface area contributed by atoms with Gasteiger partial charge in [0.15, 0.2) is 0 Å². The van der Waals surface area contributed by atoms with Crippen LogP contribution in [0.25, 0.3) is 10.8 Å². The van der Waals surface area contributed by atoms with E-state index in [1.54, 1.807) is 18.2 Å². The molecule has 32 heavy (non-hydrogen) atoms. The van der Waals surface area contributed by atoms with Crippen molar-refractivity contribution in [2.24, 2.45) is 10.9 Å². The van der Waals surface area contributed by atoms with Crippen molar-refractivity contribution in [2.45, 2.75) is 70.2 Å². The van der Waals surface area contributed by atoms with Crippen molar-refractivity contribution in [1.29, 1.82) is 0 Å². The predicted octanol–water partition coefficient (Wildman–Crippen LogP) is 4.36. The number of amides is 2. The number of nitrogens with zero attached hydrogens (tertiary/aromatic N) is 2. The van der Waals surface area contributed by atoms with Gasteiger partial charge in [-0.2, -0.15) is 0 Å². The molecule has 0 unspecified atom stereocenters. The largest absolute Gasteiger partial charge is 0.444 e. The monoisotopic (exact) mass is 435 g/mol. The molecule has 1 N–H and O–H groups in total. The number of nitrogens with one attached hydrogen (secondary N) is 1. The lowest BCUT2D eigenvalue weighted by atomic mass is 9.97. The highest BCUT2D eigenvalue weighted by Gasteiger charge is 2.52. The fourth-order valence-electron chi connectivity index (χ4n) is 5.11. The van der Waals surface area contributed by atoms with E-state index < -0.39 is 11.6 Å². The molecule has 2 bridgehead atoms. The molecule has 170 valence electrons. The summed E-state index contributed by atoms with van der Waals surface area (Å²) in [6.07, 6.45) is 4.80. The standard InChI is InChI=1S/C26H33N3O3/c1-26(2,3)32-25(31)29-22-12-11-20(15-22)23(29)24(30)28-21(16-27-4)14-17-9-10-18-7-5-6-8-19(18)13-17/h5-10,13,16,20-23H,11-12,14-15H2,1-4H3,(H,28,30)/t20-,21-,22+,23-/m0/s1. The van der Waals surface area contributed by atoms with Crippen molar-refractivity contribution in [3.8, 4) is 0 Å². The van der Waals surface area contributed by atoms with Gasteiger partial charge in [-0.05, 0) is 68.7 Å². The summed E-state index contributed by atoms with van der Waals surface area (Å²) in [5.74, 6) is 0.0705. The van der Waals surface area contributed by atoms with Crippen LogP contribution in [-0.2, 0) is 16.0 Å². The molecule has 1 aliphatic heterocycles. The summed E-state index contributed by atoms with van der Waals surface area (Å²) in [6.45, 7) is 5.56. The summed E-state index contributed by atoms with van der Waals surface area (Å²) >= 11 is 0. The number of aliphatic imine (C=N–C) groups is 1. The zero-order chi connectivity index (χ0) is 22.9. The Morgan fingerprint density at radius 1 is 1.19 bits per heavy atom. The first-order valence-corrected chi connectivity index (χ1v) is 11.5. The lowest BCUT2D eigenvalue weighted by molar-refractivity contribution is -0.128. The van der Waals surface area contributed by atoms with Gasteiger partial charge in [0.1, 0.15) is 11.6 Å². The molecule has 2 aromatic rings. The Balaban J connectivity index is 1.49. The quantitative estimate of drug-likeness (QED) is 0.710. The molecule has 4 atom stereocenters. The third kappa shape index (κ3) is 4.79. The molecular weight excluding hydrogens is 402 g/mol. The summed E-state index contributed by atoms with van der Waals surface area (Å²) in [7, 11) is 1.71. The summed E-state index contributed by atoms with van der Waals surface area (Å²) in [4.78, 5) is 32.1. The Bertz CT molecular complexity index is 1030. The molecule has 1 saturated carbocycles. The fraction of sp³-hybridized carbons (Fsp3) is 0.500. The molecule has 2 amide bonds. The number of carbonyl (C=O) groups is 2. The van der Waals surface area contributed by atoms with Crippen molar-refractivity contribution in [1.82, 2.24) is 10.2 Å². The van der Waals surface area contributed by atoms with Gasteiger partial charge in [-0.15, -0.1) is 0 Å². The first-order chi connectivity index (χ1) is 15.2. The van der Waals surface area contributed by atoms with E-state index in [1.807, 2.05) is 32.9 Å². The minimum absolute atomic E-state index is 0.0874. The average Bonchev–Trinajstić information content (AvgIpc) is 3.34. The number of hydrogen-bond acceptors (Lipinski definition) is 4. The maximum absolute atomic E-state index is 13.4. The van der Waals surface area contributed by atoms with Gasteiger partial charge >= 0.3 is 6.09 Å². The molecule has 0 radical (unpaired) electrons. The van der Waals surface area contributed by atoms with Crippen molar-refractivity contribution >= 4 is 29.0 Å². The molecule has 4 rings (SSSR count). The number of piperidine rings is 1. The van der Waals surface area contributed by atoms with Crippen LogP contribution in [0.1, 0.15) is 45.6 Å². The molecule has 1 aliphatic carbocycles. The van der Waals surface area contributed by atoms with Gasteiger partial charge in [-0.3, -0.25) is 14.7 Å². The number of rotatable bonds is 5. The van der Waals surface area contributed by atoms with Crippen LogP contribution >= 0.6 is 0 Å². The minimum atomic E-state index is -0.590. The lowest BCUT2D eigenvalue weighted by Crippen LogP contribution is -2.55. The summed E-state index contributed by atoms with van der Waals surface area (Å²) in [6, 6.07) is 14.0. The van der Waals surface area contributed by atoms with Gasteiger partial charge in [0.05, 0.1) is 6.04 Å². The van der Waals surface area contributed by atoms with Crippen LogP contribution < -0.4 is 5.32 Å². The van der Waals surface area contributed by atoms with Crippen LogP contribution in [-0.4, -0.2) is 53.9 Å². The molecule has 6 nitrogen and oxygen atoms in total. The predicted molar refractivity (Wildman–Crippen MR) is 127 cm³/mol. The number of fused-ring (bicyclic) bond motifs is 3. The molecule has 1 saturated heterocycles. The second-order valence-electron chi connectivity index (χ2n) is 9.97. The highest BCUT2D eigenvalue weighted by molar-refractivity contribution is 5.89. The van der Waals surface area contributed by atoms with E-state index in [0.29, 0.717) is 6.42 Å². The van der Waals surface area contributed by atoms with E-state index in [0.717, 1.165) is 24.8 Å². The molecular formula is C26H33N3O3. The van der Waals surface area contributed by atoms with Gasteiger partial charge < -0.3 is 10.1 Å². The highest BCUT2D eigenvalue weighted by atomic mass is 16.6. The van der Waals surface area contributed by atoms with E-state index in [9.17, 15) is 9.59 Å². The lowest BCUT2D eigenvalue weighted by Gasteiger charge is -2.36. The number of carbonyl (C=O) groups excluding carboxylic acids is 2. The molecule has 2 aromatic carbocycles. The topological polar surface area (TPSA) is 71.0 Å². The van der Waals surface area contributed by atoms with Crippen molar-refractivity contribution in [3.05, 3.63) is 48.0 Å². The highest BCUT2D eigenvalue weighted by Crippen LogP contribution is 2.43. The van der Waals surface area contributed by atoms with Crippen LogP contribution in [0.4, 0.5) is 4.79 Å². The first kappa shape index (κ1) is 22.3. The van der Waals surface area contributed by atoms with E-state index in [4.69, 9.17) is 4.74 Å². The minimum Gasteiger partial charge on any atom is -0.444 e. The van der Waals surface area contributed by atoms with E-state index >= 15 is 0 Å². The van der Waals surface area contributed by atoms with Crippen LogP contribution in [0.5, 0.6) is 0 Å². The van der Waals surface area contributed by atoms with Gasteiger partial charge in [0.25, 0.3) is 0 Å². The van der Waals surface area contributed by atoms with Gasteiger partial charge in [-0.1, -0.05) is 42.5 Å². The Morgan fingerprint density at radius 3 is 2.66 bits per heavy atom. The first-order valence-electron chi connectivity index (χ1n) is 11.5. The molecule has 2 fully saturated rings. The van der Waals surface area contributed by atoms with Crippen LogP contribution in [0, 0.1) is 5.92 Å². The van der Waals surface area contributed by atoms with Crippen LogP contribution in [0.15, 0.2) is 47.5 Å². The summed E-state index contributed by atoms with van der Waals surface area (Å²) < 4.78 is 5.62. The molecule has 2 aliphatic rings. The zero-order valence-electron chi connectivity index (χ0n) is 19.4. The summed E-state index contributed by atoms with van der Waals surface area (Å²) in [5, 5.41) is 5.52. The van der Waals surface area contributed by atoms with Gasteiger partial charge in [-0.25, -0.2) is 4.79 Å². The zero-order valence-corrected chi connectivity index (χ0v) is 19.4. The van der Waals surface area contributed by atoms with Crippen molar-refractivity contribution in [3.63, 3.8) is 0 Å². The molecule has 0 aromatic heterocycles. The van der Waals surface area contributed by atoms with Gasteiger partial charge in [0.2, 0.25) is 5.91 Å². The SMILES string of the molecule is CN=C[C@H](Cc1ccc2ccccc2c1)NC(=O)[C@@H]1[C@H]2CC[C@H](C2)N1C(=O)OC(C)(C)C. The van der Waals surface area contributed by atoms with E-state index in [1.165, 1.54) is 10.8 Å². The molecule has 1 heterocycles. The Morgan fingerprint density at radius 2 is 1.94 bits per heavy atom. The molecule has 0 spiro atoms. The molecule has 6 heteroatoms. The fourth-order valence-corrected chi connectivity index (χ4v) is 5.11. The third-order valence-electron chi connectivity index (χ3n) is 6.38. The number of hydrogen-bond donors (Lipinski definition) is 1. The Hall–Kier alpha value is -2.89. The Kier molecular flexibility index (Phi) is 6.22. The maximum Gasteiger partial charge on any atom is 0.411 e. The van der Waals surface area contributed by atoms with Gasteiger partial charge in [0, 0.05) is 19.3 Å². The van der Waals surface area contributed by atoms with Crippen LogP contribution in [0.3, 0.4) is 0 Å². The van der Waals surface area contributed by atoms with E-state index in [2.05, 4.69) is 40.6 Å². The summed E-state index contributed by atoms with van der Waals surface area (Å²) in [5.41, 5.74) is 0.541. The maximum atomic E-state index is 13.4. The third-order valence-corrected chi connectivity index (χ3v) is 6.38. The van der Waals surface area contributed by atoms with Crippen molar-refractivity contribution in [2.75, 3.05) is 7.05 Å². The second kappa shape index (κ2) is 8.93. The average molecular weight is 436 g/mol. The second-order valence-corrected chi connectivity index (χ2v) is 9.97. The Labute approximate surface area is 190 Å². The normalized spacial score (nSPS) is 23.6.